The zero-order valence-corrected chi connectivity index (χ0v) is 11.1. The molecule has 0 amide bonds. The molecule has 104 valence electrons. The van der Waals surface area contributed by atoms with E-state index in [1.54, 1.807) is 6.92 Å². The van der Waals surface area contributed by atoms with Crippen molar-refractivity contribution in [2.24, 2.45) is 5.73 Å². The predicted octanol–water partition coefficient (Wildman–Crippen LogP) is 2.41. The largest absolute Gasteiger partial charge is 0.368 e. The predicted molar refractivity (Wildman–Crippen MR) is 77.5 cm³/mol. The Morgan fingerprint density at radius 1 is 1.40 bits per heavy atom. The van der Waals surface area contributed by atoms with E-state index in [2.05, 4.69) is 10.3 Å². The molecule has 20 heavy (non-hydrogen) atoms. The van der Waals surface area contributed by atoms with Gasteiger partial charge in [0.2, 0.25) is 0 Å². The average molecular weight is 272 g/mol. The van der Waals surface area contributed by atoms with Gasteiger partial charge in [-0.15, -0.1) is 0 Å². The monoisotopic (exact) mass is 272 g/mol. The van der Waals surface area contributed by atoms with Crippen LogP contribution in [0.5, 0.6) is 0 Å². The number of benzene rings is 1. The molecule has 1 atom stereocenters. The van der Waals surface area contributed by atoms with Crippen LogP contribution in [0.4, 0.5) is 11.5 Å². The quantitative estimate of drug-likeness (QED) is 0.644. The van der Waals surface area contributed by atoms with Gasteiger partial charge in [0.1, 0.15) is 5.82 Å². The Labute approximate surface area is 116 Å². The summed E-state index contributed by atoms with van der Waals surface area (Å²) in [5.74, 6) is 0.452. The molecule has 1 aromatic heterocycles. The van der Waals surface area contributed by atoms with E-state index >= 15 is 0 Å². The van der Waals surface area contributed by atoms with Crippen molar-refractivity contribution in [1.29, 1.82) is 0 Å². The highest BCUT2D eigenvalue weighted by Gasteiger charge is 2.12. The molecular formula is C14H16N4O2. The first kappa shape index (κ1) is 14.0. The van der Waals surface area contributed by atoms with E-state index < -0.39 is 4.92 Å². The molecule has 0 bridgehead atoms. The van der Waals surface area contributed by atoms with E-state index in [0.717, 1.165) is 5.56 Å². The molecule has 1 unspecified atom stereocenters. The Hall–Kier alpha value is -2.47. The minimum atomic E-state index is -0.417. The number of aromatic nitrogens is 1. The Balaban J connectivity index is 2.04. The van der Waals surface area contributed by atoms with Crippen LogP contribution in [-0.4, -0.2) is 16.5 Å². The minimum Gasteiger partial charge on any atom is -0.368 e. The maximum absolute atomic E-state index is 10.9. The van der Waals surface area contributed by atoms with Crippen molar-refractivity contribution in [2.45, 2.75) is 13.0 Å². The smallest absolute Gasteiger partial charge is 0.277 e. The molecule has 0 fully saturated rings. The lowest BCUT2D eigenvalue weighted by molar-refractivity contribution is -0.385. The van der Waals surface area contributed by atoms with Gasteiger partial charge in [-0.3, -0.25) is 10.1 Å². The average Bonchev–Trinajstić information content (AvgIpc) is 2.46. The van der Waals surface area contributed by atoms with E-state index in [9.17, 15) is 10.1 Å². The Morgan fingerprint density at radius 2 is 2.10 bits per heavy atom. The maximum atomic E-state index is 10.9. The first-order valence-corrected chi connectivity index (χ1v) is 6.23. The lowest BCUT2D eigenvalue weighted by Crippen LogP contribution is -2.21. The second kappa shape index (κ2) is 6.12. The number of nitrogens with zero attached hydrogens (tertiary/aromatic N) is 2. The van der Waals surface area contributed by atoms with Gasteiger partial charge >= 0.3 is 0 Å². The Morgan fingerprint density at radius 3 is 2.75 bits per heavy atom. The number of pyridine rings is 1. The fourth-order valence-electron chi connectivity index (χ4n) is 1.84. The topological polar surface area (TPSA) is 94.1 Å². The van der Waals surface area contributed by atoms with Gasteiger partial charge in [-0.1, -0.05) is 30.3 Å². The lowest BCUT2D eigenvalue weighted by Gasteiger charge is -2.13. The molecule has 0 aliphatic carbocycles. The molecular weight excluding hydrogens is 256 g/mol. The normalized spacial score (nSPS) is 11.9. The van der Waals surface area contributed by atoms with E-state index in [1.807, 2.05) is 30.3 Å². The first-order valence-electron chi connectivity index (χ1n) is 6.23. The number of aryl methyl sites for hydroxylation is 1. The number of rotatable bonds is 5. The van der Waals surface area contributed by atoms with Crippen LogP contribution in [0, 0.1) is 17.0 Å². The summed E-state index contributed by atoms with van der Waals surface area (Å²) in [4.78, 5) is 14.6. The molecule has 0 saturated carbocycles. The van der Waals surface area contributed by atoms with Crippen molar-refractivity contribution in [1.82, 2.24) is 4.98 Å². The van der Waals surface area contributed by atoms with Crippen LogP contribution in [0.25, 0.3) is 0 Å². The van der Waals surface area contributed by atoms with Crippen LogP contribution in [0.1, 0.15) is 17.2 Å². The fraction of sp³-hybridized carbons (Fsp3) is 0.214. The van der Waals surface area contributed by atoms with Crippen LogP contribution in [-0.2, 0) is 0 Å². The summed E-state index contributed by atoms with van der Waals surface area (Å²) in [5.41, 5.74) is 7.63. The van der Waals surface area contributed by atoms with Gasteiger partial charge in [-0.25, -0.2) is 4.98 Å². The molecule has 6 heteroatoms. The zero-order valence-electron chi connectivity index (χ0n) is 11.1. The molecule has 1 heterocycles. The van der Waals surface area contributed by atoms with Crippen molar-refractivity contribution >= 4 is 11.5 Å². The number of nitrogens with one attached hydrogen (secondary N) is 1. The molecule has 2 rings (SSSR count). The molecule has 0 aliphatic heterocycles. The zero-order chi connectivity index (χ0) is 14.5. The molecule has 6 nitrogen and oxygen atoms in total. The van der Waals surface area contributed by atoms with Crippen LogP contribution >= 0.6 is 0 Å². The fourth-order valence-corrected chi connectivity index (χ4v) is 1.84. The summed E-state index contributed by atoms with van der Waals surface area (Å²) in [6, 6.07) is 10.9. The van der Waals surface area contributed by atoms with Gasteiger partial charge < -0.3 is 11.1 Å². The van der Waals surface area contributed by atoms with Crippen molar-refractivity contribution < 1.29 is 4.92 Å². The molecule has 0 spiro atoms. The summed E-state index contributed by atoms with van der Waals surface area (Å²) in [6.45, 7) is 2.11. The van der Waals surface area contributed by atoms with Crippen LogP contribution in [0.15, 0.2) is 42.6 Å². The van der Waals surface area contributed by atoms with Gasteiger partial charge in [0.25, 0.3) is 5.69 Å². The number of nitrogens with two attached hydrogens (primary N) is 1. The van der Waals surface area contributed by atoms with Crippen molar-refractivity contribution in [3.63, 3.8) is 0 Å². The van der Waals surface area contributed by atoms with E-state index in [1.165, 1.54) is 12.3 Å². The van der Waals surface area contributed by atoms with E-state index in [0.29, 0.717) is 17.9 Å². The van der Waals surface area contributed by atoms with Crippen molar-refractivity contribution in [3.8, 4) is 0 Å². The Kier molecular flexibility index (Phi) is 4.27. The summed E-state index contributed by atoms with van der Waals surface area (Å²) in [5, 5.41) is 13.9. The Bertz CT molecular complexity index is 601. The number of anilines is 1. The summed E-state index contributed by atoms with van der Waals surface area (Å²) in [7, 11) is 0. The van der Waals surface area contributed by atoms with Gasteiger partial charge in [0, 0.05) is 24.3 Å². The summed E-state index contributed by atoms with van der Waals surface area (Å²) in [6.07, 6.45) is 1.48. The lowest BCUT2D eigenvalue weighted by atomic mass is 10.1. The van der Waals surface area contributed by atoms with Crippen LogP contribution < -0.4 is 11.1 Å². The van der Waals surface area contributed by atoms with E-state index in [-0.39, 0.29) is 11.7 Å². The molecule has 0 saturated heterocycles. The van der Waals surface area contributed by atoms with Crippen molar-refractivity contribution in [2.75, 3.05) is 11.9 Å². The minimum absolute atomic E-state index is 0.0517. The number of nitro groups is 1. The van der Waals surface area contributed by atoms with Gasteiger partial charge in [-0.05, 0) is 12.5 Å². The van der Waals surface area contributed by atoms with Crippen LogP contribution in [0.2, 0.25) is 0 Å². The molecule has 0 aliphatic rings. The SMILES string of the molecule is Cc1cnc(NCC(N)c2ccccc2)cc1[N+](=O)[O-]. The highest BCUT2D eigenvalue weighted by atomic mass is 16.6. The second-order valence-corrected chi connectivity index (χ2v) is 4.51. The summed E-state index contributed by atoms with van der Waals surface area (Å²) >= 11 is 0. The summed E-state index contributed by atoms with van der Waals surface area (Å²) < 4.78 is 0. The van der Waals surface area contributed by atoms with Crippen LogP contribution in [0.3, 0.4) is 0 Å². The number of hydrogen-bond donors (Lipinski definition) is 2. The highest BCUT2D eigenvalue weighted by molar-refractivity contribution is 5.49. The standard InChI is InChI=1S/C14H16N4O2/c1-10-8-16-14(7-13(10)18(19)20)17-9-12(15)11-5-3-2-4-6-11/h2-8,12H,9,15H2,1H3,(H,16,17). The van der Waals surface area contributed by atoms with Gasteiger partial charge in [0.15, 0.2) is 0 Å². The third kappa shape index (κ3) is 3.30. The molecule has 3 N–H and O–H groups in total. The van der Waals surface area contributed by atoms with E-state index in [4.69, 9.17) is 5.73 Å². The van der Waals surface area contributed by atoms with Crippen molar-refractivity contribution in [3.05, 3.63) is 63.8 Å². The third-order valence-electron chi connectivity index (χ3n) is 3.00. The highest BCUT2D eigenvalue weighted by Crippen LogP contribution is 2.20. The molecule has 2 aromatic rings. The maximum Gasteiger partial charge on any atom is 0.277 e. The van der Waals surface area contributed by atoms with Gasteiger partial charge in [-0.2, -0.15) is 0 Å². The second-order valence-electron chi connectivity index (χ2n) is 4.51. The number of hydrogen-bond acceptors (Lipinski definition) is 5. The molecule has 1 aromatic carbocycles. The third-order valence-corrected chi connectivity index (χ3v) is 3.00. The molecule has 0 radical (unpaired) electrons. The first-order chi connectivity index (χ1) is 9.58. The van der Waals surface area contributed by atoms with Gasteiger partial charge in [0.05, 0.1) is 11.0 Å².